The summed E-state index contributed by atoms with van der Waals surface area (Å²) >= 11 is 0. The first kappa shape index (κ1) is 18.4. The predicted molar refractivity (Wildman–Crippen MR) is 103 cm³/mol. The van der Waals surface area contributed by atoms with Crippen molar-refractivity contribution in [1.29, 1.82) is 0 Å². The fraction of sp³-hybridized carbons (Fsp3) is 0.250. The molecular weight excluding hydrogens is 344 g/mol. The minimum atomic E-state index is -0.620. The van der Waals surface area contributed by atoms with Gasteiger partial charge in [0.15, 0.2) is 0 Å². The van der Waals surface area contributed by atoms with Crippen LogP contribution in [0.5, 0.6) is 0 Å². The van der Waals surface area contributed by atoms with Crippen LogP contribution in [0.4, 0.5) is 16.2 Å². The number of piperidine rings is 1. The van der Waals surface area contributed by atoms with Gasteiger partial charge in [-0.1, -0.05) is 12.1 Å². The van der Waals surface area contributed by atoms with Crippen LogP contribution in [0.25, 0.3) is 0 Å². The number of hydrogen-bond donors (Lipinski definition) is 3. The van der Waals surface area contributed by atoms with E-state index < -0.39 is 6.03 Å². The number of primary amides is 1. The minimum Gasteiger partial charge on any atom is -0.351 e. The lowest BCUT2D eigenvalue weighted by molar-refractivity contribution is -0.119. The molecule has 3 rings (SSSR count). The number of nitrogens with one attached hydrogen (secondary N) is 2. The average molecular weight is 366 g/mol. The molecule has 2 aromatic carbocycles. The molecule has 0 aromatic heterocycles. The Balaban J connectivity index is 1.56. The maximum Gasteiger partial charge on any atom is 0.316 e. The number of nitrogens with two attached hydrogens (primary N) is 1. The first-order valence-corrected chi connectivity index (χ1v) is 8.87. The molecular formula is C20H22N4O3. The van der Waals surface area contributed by atoms with E-state index in [1.54, 1.807) is 41.3 Å². The normalized spacial score (nSPS) is 13.9. The van der Waals surface area contributed by atoms with E-state index in [-0.39, 0.29) is 11.8 Å². The summed E-state index contributed by atoms with van der Waals surface area (Å²) in [4.78, 5) is 36.9. The Labute approximate surface area is 157 Å². The van der Waals surface area contributed by atoms with Gasteiger partial charge in [0, 0.05) is 36.4 Å². The molecule has 0 saturated carbocycles. The van der Waals surface area contributed by atoms with E-state index in [2.05, 4.69) is 10.6 Å². The SMILES string of the molecule is NC(=O)Nc1ccc(CNC(=O)c2ccc(N3CCCCC3=O)cc2)cc1. The molecule has 0 radical (unpaired) electrons. The zero-order valence-corrected chi connectivity index (χ0v) is 14.9. The van der Waals surface area contributed by atoms with Gasteiger partial charge in [-0.15, -0.1) is 0 Å². The van der Waals surface area contributed by atoms with Gasteiger partial charge in [0.1, 0.15) is 0 Å². The van der Waals surface area contributed by atoms with Crippen LogP contribution in [0.2, 0.25) is 0 Å². The molecule has 1 aliphatic heterocycles. The van der Waals surface area contributed by atoms with Crippen molar-refractivity contribution in [2.75, 3.05) is 16.8 Å². The van der Waals surface area contributed by atoms with Gasteiger partial charge in [-0.25, -0.2) is 4.79 Å². The highest BCUT2D eigenvalue weighted by molar-refractivity contribution is 5.97. The Morgan fingerprint density at radius 3 is 2.33 bits per heavy atom. The third-order valence-electron chi connectivity index (χ3n) is 4.44. The predicted octanol–water partition coefficient (Wildman–Crippen LogP) is 2.62. The number of anilines is 2. The molecule has 0 aliphatic carbocycles. The molecule has 0 spiro atoms. The molecule has 7 nitrogen and oxygen atoms in total. The fourth-order valence-corrected chi connectivity index (χ4v) is 3.00. The highest BCUT2D eigenvalue weighted by Gasteiger charge is 2.19. The highest BCUT2D eigenvalue weighted by Crippen LogP contribution is 2.21. The lowest BCUT2D eigenvalue weighted by atomic mass is 10.1. The van der Waals surface area contributed by atoms with Crippen LogP contribution in [0.1, 0.15) is 35.2 Å². The van der Waals surface area contributed by atoms with Crippen molar-refractivity contribution in [3.05, 3.63) is 59.7 Å². The first-order valence-electron chi connectivity index (χ1n) is 8.87. The van der Waals surface area contributed by atoms with Crippen molar-refractivity contribution in [3.8, 4) is 0 Å². The molecule has 4 N–H and O–H groups in total. The van der Waals surface area contributed by atoms with Crippen molar-refractivity contribution < 1.29 is 14.4 Å². The third-order valence-corrected chi connectivity index (χ3v) is 4.44. The molecule has 140 valence electrons. The zero-order chi connectivity index (χ0) is 19.2. The molecule has 27 heavy (non-hydrogen) atoms. The van der Waals surface area contributed by atoms with E-state index in [1.165, 1.54) is 0 Å². The van der Waals surface area contributed by atoms with Gasteiger partial charge in [0.25, 0.3) is 5.91 Å². The zero-order valence-electron chi connectivity index (χ0n) is 14.9. The summed E-state index contributed by atoms with van der Waals surface area (Å²) in [5.41, 5.74) is 7.92. The molecule has 0 bridgehead atoms. The van der Waals surface area contributed by atoms with Gasteiger partial charge in [0.2, 0.25) is 5.91 Å². The second-order valence-electron chi connectivity index (χ2n) is 6.42. The van der Waals surface area contributed by atoms with Gasteiger partial charge < -0.3 is 21.3 Å². The smallest absolute Gasteiger partial charge is 0.316 e. The Morgan fingerprint density at radius 1 is 1.00 bits per heavy atom. The van der Waals surface area contributed by atoms with Crippen molar-refractivity contribution >= 4 is 29.2 Å². The van der Waals surface area contributed by atoms with Gasteiger partial charge in [-0.3, -0.25) is 9.59 Å². The van der Waals surface area contributed by atoms with Crippen LogP contribution in [0.15, 0.2) is 48.5 Å². The van der Waals surface area contributed by atoms with Gasteiger partial charge in [0.05, 0.1) is 0 Å². The van der Waals surface area contributed by atoms with Crippen LogP contribution in [-0.4, -0.2) is 24.4 Å². The number of hydrogen-bond acceptors (Lipinski definition) is 3. The quantitative estimate of drug-likeness (QED) is 0.757. The van der Waals surface area contributed by atoms with E-state index >= 15 is 0 Å². The van der Waals surface area contributed by atoms with E-state index in [9.17, 15) is 14.4 Å². The Kier molecular flexibility index (Phi) is 5.71. The van der Waals surface area contributed by atoms with Crippen LogP contribution in [-0.2, 0) is 11.3 Å². The molecule has 4 amide bonds. The summed E-state index contributed by atoms with van der Waals surface area (Å²) in [5, 5.41) is 5.33. The van der Waals surface area contributed by atoms with Crippen LogP contribution >= 0.6 is 0 Å². The molecule has 1 fully saturated rings. The highest BCUT2D eigenvalue weighted by atomic mass is 16.2. The second-order valence-corrected chi connectivity index (χ2v) is 6.42. The average Bonchev–Trinajstić information content (AvgIpc) is 2.67. The van der Waals surface area contributed by atoms with Crippen molar-refractivity contribution in [1.82, 2.24) is 5.32 Å². The lowest BCUT2D eigenvalue weighted by Crippen LogP contribution is -2.35. The van der Waals surface area contributed by atoms with Crippen LogP contribution < -0.4 is 21.3 Å². The number of urea groups is 1. The molecule has 1 heterocycles. The van der Waals surface area contributed by atoms with Gasteiger partial charge >= 0.3 is 6.03 Å². The first-order chi connectivity index (χ1) is 13.0. The van der Waals surface area contributed by atoms with Gasteiger partial charge in [-0.2, -0.15) is 0 Å². The molecule has 0 unspecified atom stereocenters. The van der Waals surface area contributed by atoms with Gasteiger partial charge in [-0.05, 0) is 54.8 Å². The monoisotopic (exact) mass is 366 g/mol. The molecule has 1 aliphatic rings. The number of rotatable bonds is 5. The molecule has 1 saturated heterocycles. The number of carbonyl (C=O) groups is 3. The largest absolute Gasteiger partial charge is 0.351 e. The summed E-state index contributed by atoms with van der Waals surface area (Å²) in [6.45, 7) is 1.09. The minimum absolute atomic E-state index is 0.132. The Morgan fingerprint density at radius 2 is 1.70 bits per heavy atom. The fourth-order valence-electron chi connectivity index (χ4n) is 3.00. The van der Waals surface area contributed by atoms with Crippen molar-refractivity contribution in [2.45, 2.75) is 25.8 Å². The Hall–Kier alpha value is -3.35. The lowest BCUT2D eigenvalue weighted by Gasteiger charge is -2.26. The number of amides is 4. The number of nitrogens with zero attached hydrogens (tertiary/aromatic N) is 1. The van der Waals surface area contributed by atoms with E-state index in [0.717, 1.165) is 30.6 Å². The molecule has 0 atom stereocenters. The summed E-state index contributed by atoms with van der Waals surface area (Å²) in [6.07, 6.45) is 2.52. The Bertz CT molecular complexity index is 831. The van der Waals surface area contributed by atoms with Crippen LogP contribution in [0, 0.1) is 0 Å². The van der Waals surface area contributed by atoms with Crippen LogP contribution in [0.3, 0.4) is 0 Å². The van der Waals surface area contributed by atoms with E-state index in [1.807, 2.05) is 12.1 Å². The summed E-state index contributed by atoms with van der Waals surface area (Å²) in [5.74, 6) is -0.0569. The number of benzene rings is 2. The maximum absolute atomic E-state index is 12.3. The molecule has 2 aromatic rings. The van der Waals surface area contributed by atoms with E-state index in [0.29, 0.717) is 24.2 Å². The summed E-state index contributed by atoms with van der Waals surface area (Å²) in [7, 11) is 0. The summed E-state index contributed by atoms with van der Waals surface area (Å²) in [6, 6.07) is 13.5. The third kappa shape index (κ3) is 4.84. The van der Waals surface area contributed by atoms with Crippen molar-refractivity contribution in [3.63, 3.8) is 0 Å². The topological polar surface area (TPSA) is 105 Å². The maximum atomic E-state index is 12.3. The molecule has 7 heteroatoms. The number of carbonyl (C=O) groups excluding carboxylic acids is 3. The summed E-state index contributed by atoms with van der Waals surface area (Å²) < 4.78 is 0. The van der Waals surface area contributed by atoms with E-state index in [4.69, 9.17) is 5.73 Å². The van der Waals surface area contributed by atoms with Crippen molar-refractivity contribution in [2.24, 2.45) is 5.73 Å². The standard InChI is InChI=1S/C20H22N4O3/c21-20(27)23-16-8-4-14(5-9-16)13-22-19(26)15-6-10-17(11-7-15)24-12-2-1-3-18(24)25/h4-11H,1-3,12-13H2,(H,22,26)(H3,21,23,27). The second kappa shape index (κ2) is 8.35.